The van der Waals surface area contributed by atoms with Crippen LogP contribution in [0.1, 0.15) is 58.4 Å². The van der Waals surface area contributed by atoms with E-state index in [-0.39, 0.29) is 24.2 Å². The number of nitrogens with zero attached hydrogens (tertiary/aromatic N) is 2. The van der Waals surface area contributed by atoms with Gasteiger partial charge in [0.05, 0.1) is 0 Å². The molecule has 3 aliphatic heterocycles. The highest BCUT2D eigenvalue weighted by Crippen LogP contribution is 2.36. The summed E-state index contributed by atoms with van der Waals surface area (Å²) in [5, 5.41) is 3.09. The third-order valence-corrected chi connectivity index (χ3v) is 8.01. The van der Waals surface area contributed by atoms with Crippen LogP contribution in [0.3, 0.4) is 0 Å². The Bertz CT molecular complexity index is 1160. The van der Waals surface area contributed by atoms with E-state index in [9.17, 15) is 9.59 Å². The van der Waals surface area contributed by atoms with E-state index in [0.29, 0.717) is 56.4 Å². The number of carbonyl (C=O) groups is 2. The fraction of sp³-hybridized carbons (Fsp3) is 0.548. The number of ether oxygens (including phenoxy) is 3. The van der Waals surface area contributed by atoms with Crippen molar-refractivity contribution in [2.24, 2.45) is 5.92 Å². The molecule has 2 aromatic rings. The molecule has 9 heteroatoms. The van der Waals surface area contributed by atoms with Gasteiger partial charge in [0.2, 0.25) is 11.8 Å². The van der Waals surface area contributed by atoms with E-state index in [0.717, 1.165) is 44.0 Å². The Hall–Kier alpha value is -2.97. The molecule has 0 unspecified atom stereocenters. The molecular weight excluding hydrogens is 530 g/mol. The number of nitrogens with one attached hydrogen (secondary N) is 1. The van der Waals surface area contributed by atoms with Crippen LogP contribution in [0, 0.1) is 5.92 Å². The summed E-state index contributed by atoms with van der Waals surface area (Å²) in [5.74, 6) is 3.39. The Morgan fingerprint density at radius 3 is 2.35 bits per heavy atom. The van der Waals surface area contributed by atoms with Crippen molar-refractivity contribution in [2.45, 2.75) is 71.0 Å². The van der Waals surface area contributed by atoms with Crippen LogP contribution < -0.4 is 19.5 Å². The second kappa shape index (κ2) is 13.1. The van der Waals surface area contributed by atoms with Crippen molar-refractivity contribution in [3.8, 4) is 23.0 Å². The van der Waals surface area contributed by atoms with Crippen LogP contribution in [-0.4, -0.2) is 66.0 Å². The van der Waals surface area contributed by atoms with E-state index in [1.165, 1.54) is 5.56 Å². The molecule has 218 valence electrons. The molecule has 1 N–H and O–H groups in total. The number of likely N-dealkylation sites (tertiary alicyclic amines) is 1. The second-order valence-electron chi connectivity index (χ2n) is 11.4. The molecular formula is C31H42ClN3O5. The topological polar surface area (TPSA) is 80.3 Å². The summed E-state index contributed by atoms with van der Waals surface area (Å²) in [6.45, 7) is 10.4. The molecule has 1 spiro atoms. The number of hydrogen-bond donors (Lipinski definition) is 1. The smallest absolute Gasteiger partial charge is 0.246 e. The highest BCUT2D eigenvalue weighted by Gasteiger charge is 2.53. The van der Waals surface area contributed by atoms with Gasteiger partial charge in [0.1, 0.15) is 36.3 Å². The predicted octanol–water partition coefficient (Wildman–Crippen LogP) is 5.18. The lowest BCUT2D eigenvalue weighted by molar-refractivity contribution is -0.161. The van der Waals surface area contributed by atoms with Crippen LogP contribution in [0.2, 0.25) is 0 Å². The number of unbranched alkanes of at least 4 members (excludes halogenated alkanes) is 1. The number of piperazine rings is 1. The van der Waals surface area contributed by atoms with E-state index in [4.69, 9.17) is 14.2 Å². The predicted molar refractivity (Wildman–Crippen MR) is 156 cm³/mol. The van der Waals surface area contributed by atoms with E-state index in [2.05, 4.69) is 43.1 Å². The minimum atomic E-state index is -0.725. The standard InChI is InChI=1S/C31H41N3O5.ClH/c1-4-5-14-34-29(35)26(19-22(2)3)32-30(36)31(34)12-15-33(16-13-31)21-23-6-8-24(9-7-23)39-25-10-11-27-28(20-25)38-18-17-37-27;/h6-11,20,22,26H,4-5,12-19,21H2,1-3H3,(H,32,36);1H/t26-;/m0./s1. The van der Waals surface area contributed by atoms with Crippen molar-refractivity contribution in [3.05, 3.63) is 48.0 Å². The number of rotatable bonds is 9. The number of halogens is 1. The van der Waals surface area contributed by atoms with Crippen LogP contribution in [0.25, 0.3) is 0 Å². The van der Waals surface area contributed by atoms with Gasteiger partial charge in [-0.25, -0.2) is 0 Å². The maximum absolute atomic E-state index is 13.5. The first-order valence-electron chi connectivity index (χ1n) is 14.4. The summed E-state index contributed by atoms with van der Waals surface area (Å²) >= 11 is 0. The lowest BCUT2D eigenvalue weighted by atomic mass is 9.80. The lowest BCUT2D eigenvalue weighted by Crippen LogP contribution is -2.73. The third-order valence-electron chi connectivity index (χ3n) is 8.01. The van der Waals surface area contributed by atoms with Gasteiger partial charge >= 0.3 is 0 Å². The number of carbonyl (C=O) groups excluding carboxylic acids is 2. The van der Waals surface area contributed by atoms with Gasteiger partial charge in [-0.2, -0.15) is 0 Å². The van der Waals surface area contributed by atoms with Crippen molar-refractivity contribution < 1.29 is 23.8 Å². The average molecular weight is 572 g/mol. The Morgan fingerprint density at radius 1 is 1.00 bits per heavy atom. The van der Waals surface area contributed by atoms with E-state index < -0.39 is 11.6 Å². The summed E-state index contributed by atoms with van der Waals surface area (Å²) in [4.78, 5) is 31.2. The quantitative estimate of drug-likeness (QED) is 0.447. The second-order valence-corrected chi connectivity index (χ2v) is 11.4. The third kappa shape index (κ3) is 6.50. The summed E-state index contributed by atoms with van der Waals surface area (Å²) in [7, 11) is 0. The maximum atomic E-state index is 13.5. The summed E-state index contributed by atoms with van der Waals surface area (Å²) in [5.41, 5.74) is 0.460. The first-order chi connectivity index (χ1) is 18.9. The lowest BCUT2D eigenvalue weighted by Gasteiger charge is -2.52. The molecule has 40 heavy (non-hydrogen) atoms. The minimum Gasteiger partial charge on any atom is -0.486 e. The summed E-state index contributed by atoms with van der Waals surface area (Å²) in [6, 6.07) is 13.3. The monoisotopic (exact) mass is 571 g/mol. The van der Waals surface area contributed by atoms with E-state index in [1.54, 1.807) is 0 Å². The minimum absolute atomic E-state index is 0. The Balaban J connectivity index is 0.00000370. The molecule has 2 saturated heterocycles. The molecule has 3 aliphatic rings. The number of fused-ring (bicyclic) bond motifs is 1. The van der Waals surface area contributed by atoms with Crippen molar-refractivity contribution in [1.29, 1.82) is 0 Å². The Labute approximate surface area is 243 Å². The van der Waals surface area contributed by atoms with Gasteiger partial charge in [-0.1, -0.05) is 39.3 Å². The zero-order valence-electron chi connectivity index (χ0n) is 23.8. The SMILES string of the molecule is CCCCN1C(=O)[C@H](CC(C)C)NC(=O)C12CCN(Cc1ccc(Oc3ccc4c(c3)OCCO4)cc1)CC2.Cl. The fourth-order valence-corrected chi connectivity index (χ4v) is 5.87. The summed E-state index contributed by atoms with van der Waals surface area (Å²) < 4.78 is 17.3. The van der Waals surface area contributed by atoms with Crippen molar-refractivity contribution in [1.82, 2.24) is 15.1 Å². The van der Waals surface area contributed by atoms with Crippen molar-refractivity contribution in [3.63, 3.8) is 0 Å². The molecule has 3 heterocycles. The normalized spacial score (nSPS) is 20.3. The zero-order valence-corrected chi connectivity index (χ0v) is 24.6. The van der Waals surface area contributed by atoms with Crippen LogP contribution in [-0.2, 0) is 16.1 Å². The van der Waals surface area contributed by atoms with Gasteiger partial charge in [0.15, 0.2) is 11.5 Å². The number of piperidine rings is 1. The van der Waals surface area contributed by atoms with Gasteiger partial charge < -0.3 is 24.4 Å². The number of benzene rings is 2. The van der Waals surface area contributed by atoms with Crippen LogP contribution in [0.15, 0.2) is 42.5 Å². The highest BCUT2D eigenvalue weighted by atomic mass is 35.5. The molecule has 0 aliphatic carbocycles. The van der Waals surface area contributed by atoms with Gasteiger partial charge in [-0.05, 0) is 61.4 Å². The van der Waals surface area contributed by atoms with E-state index in [1.807, 2.05) is 35.2 Å². The van der Waals surface area contributed by atoms with Crippen LogP contribution >= 0.6 is 12.4 Å². The maximum Gasteiger partial charge on any atom is 0.246 e. The van der Waals surface area contributed by atoms with Gasteiger partial charge in [-0.15, -0.1) is 12.4 Å². The van der Waals surface area contributed by atoms with Crippen molar-refractivity contribution in [2.75, 3.05) is 32.8 Å². The molecule has 2 aromatic carbocycles. The molecule has 8 nitrogen and oxygen atoms in total. The molecule has 0 saturated carbocycles. The van der Waals surface area contributed by atoms with Gasteiger partial charge in [-0.3, -0.25) is 14.5 Å². The van der Waals surface area contributed by atoms with Crippen LogP contribution in [0.5, 0.6) is 23.0 Å². The summed E-state index contributed by atoms with van der Waals surface area (Å²) in [6.07, 6.45) is 3.92. The van der Waals surface area contributed by atoms with Gasteiger partial charge in [0, 0.05) is 32.2 Å². The highest BCUT2D eigenvalue weighted by molar-refractivity contribution is 6.00. The Kier molecular flexibility index (Phi) is 9.85. The first kappa shape index (κ1) is 30.0. The molecule has 2 fully saturated rings. The molecule has 5 rings (SSSR count). The average Bonchev–Trinajstić information content (AvgIpc) is 2.93. The molecule has 2 amide bonds. The number of hydrogen-bond acceptors (Lipinski definition) is 6. The molecule has 1 atom stereocenters. The molecule has 0 aromatic heterocycles. The zero-order chi connectivity index (χ0) is 27.4. The van der Waals surface area contributed by atoms with Crippen molar-refractivity contribution >= 4 is 24.2 Å². The van der Waals surface area contributed by atoms with E-state index >= 15 is 0 Å². The Morgan fingerprint density at radius 2 is 1.68 bits per heavy atom. The number of amides is 2. The van der Waals surface area contributed by atoms with Gasteiger partial charge in [0.25, 0.3) is 0 Å². The first-order valence-corrected chi connectivity index (χ1v) is 14.4. The molecule has 0 radical (unpaired) electrons. The van der Waals surface area contributed by atoms with Crippen LogP contribution in [0.4, 0.5) is 0 Å². The largest absolute Gasteiger partial charge is 0.486 e. The molecule has 0 bridgehead atoms. The fourth-order valence-electron chi connectivity index (χ4n) is 5.87.